The summed E-state index contributed by atoms with van der Waals surface area (Å²) in [6, 6.07) is 0. The zero-order valence-electron chi connectivity index (χ0n) is 24.4. The van der Waals surface area contributed by atoms with Gasteiger partial charge in [-0.1, -0.05) is 80.1 Å². The monoisotopic (exact) mass is 535 g/mol. The molecule has 10 heteroatoms. The Balaban J connectivity index is -0.0000000788. The van der Waals surface area contributed by atoms with E-state index in [2.05, 4.69) is 57.5 Å². The SMILES string of the molecule is CCCCNCCCC.CCCCNCCCC.CCCCNCCCC.CO.O.O=P(O)(O)O. The van der Waals surface area contributed by atoms with Crippen molar-refractivity contribution in [3.05, 3.63) is 0 Å². The molecule has 0 saturated carbocycles. The van der Waals surface area contributed by atoms with Crippen molar-refractivity contribution in [2.75, 3.05) is 46.4 Å². The van der Waals surface area contributed by atoms with E-state index >= 15 is 0 Å². The summed E-state index contributed by atoms with van der Waals surface area (Å²) in [5.41, 5.74) is 0. The Labute approximate surface area is 218 Å². The van der Waals surface area contributed by atoms with Gasteiger partial charge in [-0.25, -0.2) is 4.57 Å². The molecule has 0 heterocycles. The molecule has 0 spiro atoms. The van der Waals surface area contributed by atoms with E-state index in [0.29, 0.717) is 0 Å². The highest BCUT2D eigenvalue weighted by molar-refractivity contribution is 7.45. The molecule has 222 valence electrons. The van der Waals surface area contributed by atoms with Gasteiger partial charge in [-0.15, -0.1) is 0 Å². The first-order chi connectivity index (χ1) is 16.2. The van der Waals surface area contributed by atoms with Crippen molar-refractivity contribution in [1.29, 1.82) is 0 Å². The van der Waals surface area contributed by atoms with Crippen LogP contribution in [0, 0.1) is 0 Å². The number of aliphatic hydroxyl groups excluding tert-OH is 1. The summed E-state index contributed by atoms with van der Waals surface area (Å²) in [5.74, 6) is 0. The summed E-state index contributed by atoms with van der Waals surface area (Å²) >= 11 is 0. The van der Waals surface area contributed by atoms with Gasteiger partial charge in [0, 0.05) is 7.11 Å². The molecule has 0 radical (unpaired) electrons. The highest BCUT2D eigenvalue weighted by atomic mass is 31.2. The Kier molecular flexibility index (Phi) is 69.6. The van der Waals surface area contributed by atoms with Gasteiger partial charge in [0.15, 0.2) is 0 Å². The average Bonchev–Trinajstić information content (AvgIpc) is 2.80. The van der Waals surface area contributed by atoms with E-state index in [0.717, 1.165) is 7.11 Å². The molecule has 0 aliphatic heterocycles. The zero-order valence-corrected chi connectivity index (χ0v) is 25.3. The summed E-state index contributed by atoms with van der Waals surface area (Å²) in [7, 11) is -3.64. The Hall–Kier alpha value is -0.0900. The largest absolute Gasteiger partial charge is 0.466 e. The third kappa shape index (κ3) is 108. The third-order valence-electron chi connectivity index (χ3n) is 4.24. The third-order valence-corrected chi connectivity index (χ3v) is 4.24. The lowest BCUT2D eigenvalue weighted by Crippen LogP contribution is -2.15. The van der Waals surface area contributed by atoms with Crippen LogP contribution in [-0.4, -0.2) is 71.6 Å². The molecular formula is C25H66N3O6P. The molecule has 9 N–H and O–H groups in total. The molecule has 0 saturated heterocycles. The van der Waals surface area contributed by atoms with Crippen LogP contribution in [0.15, 0.2) is 0 Å². The molecule has 0 rings (SSSR count). The fourth-order valence-corrected chi connectivity index (χ4v) is 2.19. The van der Waals surface area contributed by atoms with Crippen LogP contribution in [0.2, 0.25) is 0 Å². The van der Waals surface area contributed by atoms with Crippen molar-refractivity contribution in [1.82, 2.24) is 16.0 Å². The van der Waals surface area contributed by atoms with Crippen LogP contribution in [0.3, 0.4) is 0 Å². The number of unbranched alkanes of at least 4 members (excludes halogenated alkanes) is 6. The van der Waals surface area contributed by atoms with Crippen molar-refractivity contribution in [3.63, 3.8) is 0 Å². The van der Waals surface area contributed by atoms with Crippen molar-refractivity contribution < 1.29 is 29.8 Å². The summed E-state index contributed by atoms with van der Waals surface area (Å²) in [4.78, 5) is 21.6. The maximum absolute atomic E-state index is 8.88. The van der Waals surface area contributed by atoms with Crippen molar-refractivity contribution in [2.45, 2.75) is 119 Å². The van der Waals surface area contributed by atoms with Gasteiger partial charge in [0.2, 0.25) is 0 Å². The van der Waals surface area contributed by atoms with Gasteiger partial charge in [-0.2, -0.15) is 0 Å². The van der Waals surface area contributed by atoms with Gasteiger partial charge in [0.25, 0.3) is 0 Å². The second-order valence-corrected chi connectivity index (χ2v) is 8.91. The Bertz CT molecular complexity index is 279. The normalized spacial score (nSPS) is 9.57. The van der Waals surface area contributed by atoms with E-state index in [-0.39, 0.29) is 5.48 Å². The Morgan fingerprint density at radius 3 is 0.657 bits per heavy atom. The maximum Gasteiger partial charge on any atom is 0.466 e. The first-order valence-electron chi connectivity index (χ1n) is 13.6. The molecule has 0 aliphatic rings. The van der Waals surface area contributed by atoms with Crippen LogP contribution in [0.5, 0.6) is 0 Å². The molecular weight excluding hydrogens is 469 g/mol. The summed E-state index contributed by atoms with van der Waals surface area (Å²) in [5, 5.41) is 17.2. The van der Waals surface area contributed by atoms with Crippen LogP contribution in [0.25, 0.3) is 0 Å². The van der Waals surface area contributed by atoms with Crippen LogP contribution >= 0.6 is 7.82 Å². The minimum atomic E-state index is -4.64. The van der Waals surface area contributed by atoms with Gasteiger partial charge < -0.3 is 41.2 Å². The smallest absolute Gasteiger partial charge is 0.412 e. The molecule has 0 aromatic carbocycles. The highest BCUT2D eigenvalue weighted by Gasteiger charge is 2.00. The Morgan fingerprint density at radius 2 is 0.571 bits per heavy atom. The molecule has 0 aliphatic carbocycles. The molecule has 0 atom stereocenters. The number of hydrogen-bond donors (Lipinski definition) is 7. The predicted octanol–water partition coefficient (Wildman–Crippen LogP) is 4.38. The van der Waals surface area contributed by atoms with Crippen molar-refractivity contribution in [2.24, 2.45) is 0 Å². The second-order valence-electron chi connectivity index (χ2n) is 7.88. The van der Waals surface area contributed by atoms with Gasteiger partial charge in [0.05, 0.1) is 0 Å². The maximum atomic E-state index is 8.88. The van der Waals surface area contributed by atoms with Crippen molar-refractivity contribution in [3.8, 4) is 0 Å². The summed E-state index contributed by atoms with van der Waals surface area (Å²) in [6.07, 6.45) is 15.8. The minimum Gasteiger partial charge on any atom is -0.412 e. The van der Waals surface area contributed by atoms with Crippen LogP contribution in [0.4, 0.5) is 0 Å². The quantitative estimate of drug-likeness (QED) is 0.100. The first kappa shape index (κ1) is 48.0. The van der Waals surface area contributed by atoms with Gasteiger partial charge >= 0.3 is 7.82 Å². The summed E-state index contributed by atoms with van der Waals surface area (Å²) < 4.78 is 8.88. The van der Waals surface area contributed by atoms with E-state index in [1.807, 2.05) is 0 Å². The van der Waals surface area contributed by atoms with E-state index in [4.69, 9.17) is 24.4 Å². The lowest BCUT2D eigenvalue weighted by atomic mass is 10.3. The van der Waals surface area contributed by atoms with Gasteiger partial charge in [-0.05, 0) is 77.8 Å². The van der Waals surface area contributed by atoms with Gasteiger partial charge in [0.1, 0.15) is 0 Å². The fraction of sp³-hybridized carbons (Fsp3) is 1.00. The lowest BCUT2D eigenvalue weighted by Gasteiger charge is -1.99. The predicted molar refractivity (Wildman–Crippen MR) is 154 cm³/mol. The molecule has 0 amide bonds. The van der Waals surface area contributed by atoms with E-state index < -0.39 is 7.82 Å². The molecule has 0 bridgehead atoms. The molecule has 0 unspecified atom stereocenters. The molecule has 0 aromatic rings. The fourth-order valence-electron chi connectivity index (χ4n) is 2.19. The number of rotatable bonds is 18. The molecule has 0 fully saturated rings. The number of phosphoric acid groups is 1. The first-order valence-corrected chi connectivity index (χ1v) is 15.2. The number of nitrogens with one attached hydrogen (secondary N) is 3. The van der Waals surface area contributed by atoms with Crippen LogP contribution in [-0.2, 0) is 4.57 Å². The molecule has 35 heavy (non-hydrogen) atoms. The van der Waals surface area contributed by atoms with E-state index in [1.165, 1.54) is 116 Å². The zero-order chi connectivity index (χ0) is 27.3. The van der Waals surface area contributed by atoms with Crippen LogP contribution < -0.4 is 16.0 Å². The second kappa shape index (κ2) is 50.7. The van der Waals surface area contributed by atoms with Gasteiger partial charge in [-0.3, -0.25) is 0 Å². The lowest BCUT2D eigenvalue weighted by molar-refractivity contribution is 0.275. The molecule has 9 nitrogen and oxygen atoms in total. The summed E-state index contributed by atoms with van der Waals surface area (Å²) in [6.45, 7) is 20.6. The Morgan fingerprint density at radius 1 is 0.457 bits per heavy atom. The number of hydrogen-bond acceptors (Lipinski definition) is 5. The van der Waals surface area contributed by atoms with E-state index in [1.54, 1.807) is 0 Å². The van der Waals surface area contributed by atoms with Crippen molar-refractivity contribution >= 4 is 7.82 Å². The number of aliphatic hydroxyl groups is 1. The standard InChI is InChI=1S/3C8H19N.CH4O.H3O4P.H2O/c3*1-3-5-7-9-8-6-4-2;1-2;1-5(2,3)4;/h3*9H,3-8H2,1-2H3;2H,1H3;(H3,1,2,3,4);1H2. The average molecular weight is 536 g/mol. The molecule has 0 aromatic heterocycles. The topological polar surface area (TPSA) is 166 Å². The minimum absolute atomic E-state index is 0. The van der Waals surface area contributed by atoms with E-state index in [9.17, 15) is 0 Å². The van der Waals surface area contributed by atoms with Crippen LogP contribution in [0.1, 0.15) is 119 Å². The highest BCUT2D eigenvalue weighted by Crippen LogP contribution is 2.25.